The van der Waals surface area contributed by atoms with E-state index in [1.807, 2.05) is 6.07 Å². The summed E-state index contributed by atoms with van der Waals surface area (Å²) in [5, 5.41) is 2.62. The predicted molar refractivity (Wildman–Crippen MR) is 72.9 cm³/mol. The molecule has 74 valence electrons. The number of aromatic nitrogens is 1. The van der Waals surface area contributed by atoms with Crippen LogP contribution in [-0.2, 0) is 19.9 Å². The molecule has 0 unspecified atom stereocenters. The number of pyridine rings is 1. The van der Waals surface area contributed by atoms with Crippen molar-refractivity contribution in [2.75, 3.05) is 0 Å². The van der Waals surface area contributed by atoms with Crippen LogP contribution < -0.4 is 3.12 Å². The van der Waals surface area contributed by atoms with E-state index in [0.717, 1.165) is 11.0 Å². The second kappa shape index (κ2) is 4.56. The van der Waals surface area contributed by atoms with Crippen LogP contribution in [-0.4, -0.2) is 4.98 Å². The van der Waals surface area contributed by atoms with E-state index in [4.69, 9.17) is 4.98 Å². The van der Waals surface area contributed by atoms with Crippen LogP contribution in [0.5, 0.6) is 0 Å². The average Bonchev–Trinajstić information content (AvgIpc) is 2.35. The Hall–Kier alpha value is -0.238. The number of nitrogens with zero attached hydrogens (tertiary/aromatic N) is 1. The summed E-state index contributed by atoms with van der Waals surface area (Å²) in [4.78, 5) is 4.72. The Morgan fingerprint density at radius 3 is 2.62 bits per heavy atom. The van der Waals surface area contributed by atoms with E-state index >= 15 is 0 Å². The van der Waals surface area contributed by atoms with Gasteiger partial charge in [-0.05, 0) is 0 Å². The molecule has 0 spiro atoms. The first-order chi connectivity index (χ1) is 7.88. The second-order valence-electron chi connectivity index (χ2n) is 3.80. The van der Waals surface area contributed by atoms with Crippen molar-refractivity contribution in [2.45, 2.75) is 0 Å². The van der Waals surface area contributed by atoms with E-state index < -0.39 is 19.9 Å². The van der Waals surface area contributed by atoms with Crippen LogP contribution in [0.4, 0.5) is 0 Å². The fraction of sp³-hybridized carbons (Fsp3) is 0. The number of hydrogen-bond donors (Lipinski definition) is 0. The molecule has 0 saturated carbocycles. The van der Waals surface area contributed by atoms with Crippen LogP contribution in [0.2, 0.25) is 0 Å². The van der Waals surface area contributed by atoms with E-state index in [1.54, 1.807) is 3.12 Å². The zero-order chi connectivity index (χ0) is 11.0. The number of rotatable bonds is 1. The third kappa shape index (κ3) is 1.85. The van der Waals surface area contributed by atoms with E-state index in [1.165, 1.54) is 10.8 Å². The first-order valence-corrected chi connectivity index (χ1v) is 19.0. The summed E-state index contributed by atoms with van der Waals surface area (Å²) in [6.45, 7) is 0. The summed E-state index contributed by atoms with van der Waals surface area (Å²) in [6.07, 6.45) is 0. The Bertz CT molecular complexity index is 666. The molecule has 0 fully saturated rings. The van der Waals surface area contributed by atoms with Gasteiger partial charge in [0.15, 0.2) is 0 Å². The molecular weight excluding hydrogens is 409 g/mol. The molecule has 0 aliphatic rings. The molecule has 2 aromatic carbocycles. The van der Waals surface area contributed by atoms with Crippen LogP contribution in [0.1, 0.15) is 0 Å². The summed E-state index contributed by atoms with van der Waals surface area (Å²) in [7, 11) is 0. The SMILES string of the molecule is [I][Cd][c]1cccc2nc3ccccc3cc12. The quantitative estimate of drug-likeness (QED) is 0.336. The van der Waals surface area contributed by atoms with Crippen molar-refractivity contribution in [2.24, 2.45) is 0 Å². The molecule has 0 N–H and O–H groups in total. The zero-order valence-corrected chi connectivity index (χ0v) is 14.8. The first-order valence-electron chi connectivity index (χ1n) is 5.22. The molecule has 0 saturated heterocycles. The number of benzene rings is 2. The minimum atomic E-state index is -0.776. The number of para-hydroxylation sites is 1. The van der Waals surface area contributed by atoms with Gasteiger partial charge >= 0.3 is 116 Å². The molecular formula is C13H8CdIN. The number of fused-ring (bicyclic) bond motifs is 2. The molecule has 1 aromatic heterocycles. The second-order valence-corrected chi connectivity index (χ2v) is 11.9. The van der Waals surface area contributed by atoms with Gasteiger partial charge in [0, 0.05) is 0 Å². The molecule has 3 heteroatoms. The molecule has 0 bridgehead atoms. The molecule has 16 heavy (non-hydrogen) atoms. The van der Waals surface area contributed by atoms with Gasteiger partial charge in [0.25, 0.3) is 0 Å². The van der Waals surface area contributed by atoms with Gasteiger partial charge in [0.05, 0.1) is 0 Å². The van der Waals surface area contributed by atoms with Crippen molar-refractivity contribution in [3.05, 3.63) is 48.5 Å². The maximum atomic E-state index is 4.72. The fourth-order valence-corrected chi connectivity index (χ4v) is 8.30. The zero-order valence-electron chi connectivity index (χ0n) is 8.65. The van der Waals surface area contributed by atoms with Gasteiger partial charge in [-0.3, -0.25) is 0 Å². The topological polar surface area (TPSA) is 12.9 Å². The van der Waals surface area contributed by atoms with Crippen molar-refractivity contribution in [3.63, 3.8) is 0 Å². The van der Waals surface area contributed by atoms with Crippen LogP contribution in [0, 0.1) is 0 Å². The molecule has 3 rings (SSSR count). The Morgan fingerprint density at radius 1 is 0.938 bits per heavy atom. The van der Waals surface area contributed by atoms with Gasteiger partial charge in [0.2, 0.25) is 0 Å². The van der Waals surface area contributed by atoms with Gasteiger partial charge in [-0.25, -0.2) is 0 Å². The van der Waals surface area contributed by atoms with Gasteiger partial charge in [-0.2, -0.15) is 0 Å². The molecule has 0 radical (unpaired) electrons. The normalized spacial score (nSPS) is 10.6. The van der Waals surface area contributed by atoms with Crippen molar-refractivity contribution in [1.29, 1.82) is 0 Å². The van der Waals surface area contributed by atoms with Crippen molar-refractivity contribution in [1.82, 2.24) is 4.98 Å². The van der Waals surface area contributed by atoms with Crippen molar-refractivity contribution >= 4 is 42.7 Å². The Balaban J connectivity index is 2.46. The molecule has 0 aliphatic heterocycles. The molecule has 3 aromatic rings. The molecule has 1 heterocycles. The predicted octanol–water partition coefficient (Wildman–Crippen LogP) is 3.45. The summed E-state index contributed by atoms with van der Waals surface area (Å²) in [6, 6.07) is 17.1. The summed E-state index contributed by atoms with van der Waals surface area (Å²) < 4.78 is 1.57. The van der Waals surface area contributed by atoms with Crippen molar-refractivity contribution < 1.29 is 19.9 Å². The number of hydrogen-bond acceptors (Lipinski definition) is 1. The summed E-state index contributed by atoms with van der Waals surface area (Å²) >= 11 is 1.83. The van der Waals surface area contributed by atoms with E-state index in [-0.39, 0.29) is 0 Å². The number of halogens is 1. The minimum absolute atomic E-state index is 0.776. The molecule has 0 aliphatic carbocycles. The van der Waals surface area contributed by atoms with Crippen LogP contribution >= 0.6 is 17.8 Å². The molecule has 0 amide bonds. The first kappa shape index (κ1) is 10.9. The van der Waals surface area contributed by atoms with E-state index in [0.29, 0.717) is 0 Å². The third-order valence-electron chi connectivity index (χ3n) is 2.79. The summed E-state index contributed by atoms with van der Waals surface area (Å²) in [5.41, 5.74) is 2.24. The third-order valence-corrected chi connectivity index (χ3v) is 10.9. The molecule has 0 atom stereocenters. The molecule has 1 nitrogen and oxygen atoms in total. The maximum absolute atomic E-state index is 4.72. The average molecular weight is 418 g/mol. The standard InChI is InChI=1S/C13H8N.Cd.HI/c1-3-7-12-10(5-1)9-11-6-2-4-8-13(11)14-12;;/h1-5,7-9H;;1H/q;+1;/p-1. The van der Waals surface area contributed by atoms with Crippen molar-refractivity contribution in [3.8, 4) is 0 Å². The van der Waals surface area contributed by atoms with Gasteiger partial charge in [0.1, 0.15) is 0 Å². The van der Waals surface area contributed by atoms with Crippen LogP contribution in [0.15, 0.2) is 48.5 Å². The van der Waals surface area contributed by atoms with E-state index in [2.05, 4.69) is 60.2 Å². The Kier molecular flexibility index (Phi) is 3.10. The summed E-state index contributed by atoms with van der Waals surface area (Å²) in [5.74, 6) is 0. The van der Waals surface area contributed by atoms with Crippen LogP contribution in [0.3, 0.4) is 0 Å². The van der Waals surface area contributed by atoms with Crippen LogP contribution in [0.25, 0.3) is 21.8 Å². The fourth-order valence-electron chi connectivity index (χ4n) is 1.98. The monoisotopic (exact) mass is 419 g/mol. The van der Waals surface area contributed by atoms with Gasteiger partial charge in [-0.1, -0.05) is 0 Å². The van der Waals surface area contributed by atoms with E-state index in [9.17, 15) is 0 Å². The van der Waals surface area contributed by atoms with Gasteiger partial charge < -0.3 is 0 Å². The Morgan fingerprint density at radius 2 is 1.75 bits per heavy atom. The van der Waals surface area contributed by atoms with Gasteiger partial charge in [-0.15, -0.1) is 0 Å². The Labute approximate surface area is 115 Å².